The number of anilines is 1. The highest BCUT2D eigenvalue weighted by Crippen LogP contribution is 2.19. The molecule has 0 fully saturated rings. The first kappa shape index (κ1) is 16.7. The van der Waals surface area contributed by atoms with Crippen LogP contribution in [0.15, 0.2) is 42.5 Å². The van der Waals surface area contributed by atoms with Gasteiger partial charge in [0, 0.05) is 18.4 Å². The van der Waals surface area contributed by atoms with E-state index in [1.807, 2.05) is 19.1 Å². The summed E-state index contributed by atoms with van der Waals surface area (Å²) in [4.78, 5) is 24.0. The van der Waals surface area contributed by atoms with Crippen molar-refractivity contribution in [2.24, 2.45) is 0 Å². The zero-order valence-corrected chi connectivity index (χ0v) is 13.4. The van der Waals surface area contributed by atoms with Gasteiger partial charge in [-0.2, -0.15) is 0 Å². The van der Waals surface area contributed by atoms with Gasteiger partial charge in [0.25, 0.3) is 5.91 Å². The number of hydrogen-bond donors (Lipinski definition) is 1. The second-order valence-electron chi connectivity index (χ2n) is 5.07. The van der Waals surface area contributed by atoms with Gasteiger partial charge in [-0.05, 0) is 42.3 Å². The van der Waals surface area contributed by atoms with Crippen molar-refractivity contribution in [1.29, 1.82) is 0 Å². The number of carbonyl (C=O) groups excluding carboxylic acids is 2. The molecule has 0 radical (unpaired) electrons. The summed E-state index contributed by atoms with van der Waals surface area (Å²) < 4.78 is 9.80. The van der Waals surface area contributed by atoms with Gasteiger partial charge in [0.05, 0.1) is 19.3 Å². The molecule has 2 aromatic rings. The van der Waals surface area contributed by atoms with Crippen LogP contribution in [0.3, 0.4) is 0 Å². The molecule has 0 aliphatic heterocycles. The van der Waals surface area contributed by atoms with Gasteiger partial charge in [0.15, 0.2) is 0 Å². The Morgan fingerprint density at radius 2 is 1.83 bits per heavy atom. The van der Waals surface area contributed by atoms with Gasteiger partial charge in [-0.3, -0.25) is 4.79 Å². The third-order valence-electron chi connectivity index (χ3n) is 3.46. The van der Waals surface area contributed by atoms with Crippen LogP contribution in [0.2, 0.25) is 0 Å². The molecular formula is C18H19NO4. The standard InChI is InChI=1S/C18H19NO4/c1-12-10-13(18(21)23-3)8-9-16(12)19-17(20)15-7-5-4-6-14(15)11-22-2/h4-10H,11H2,1-3H3,(H,19,20). The molecule has 0 aromatic heterocycles. The van der Waals surface area contributed by atoms with E-state index in [9.17, 15) is 9.59 Å². The van der Waals surface area contributed by atoms with Crippen molar-refractivity contribution in [2.75, 3.05) is 19.5 Å². The third kappa shape index (κ3) is 3.96. The van der Waals surface area contributed by atoms with Crippen LogP contribution in [0.5, 0.6) is 0 Å². The summed E-state index contributed by atoms with van der Waals surface area (Å²) in [6, 6.07) is 12.3. The summed E-state index contributed by atoms with van der Waals surface area (Å²) in [5.74, 6) is -0.622. The average molecular weight is 313 g/mol. The van der Waals surface area contributed by atoms with E-state index < -0.39 is 5.97 Å². The Morgan fingerprint density at radius 1 is 1.09 bits per heavy atom. The maximum atomic E-state index is 12.5. The summed E-state index contributed by atoms with van der Waals surface area (Å²) in [7, 11) is 2.92. The minimum Gasteiger partial charge on any atom is -0.465 e. The van der Waals surface area contributed by atoms with Gasteiger partial charge in [-0.25, -0.2) is 4.79 Å². The Bertz CT molecular complexity index is 725. The van der Waals surface area contributed by atoms with E-state index in [1.165, 1.54) is 7.11 Å². The zero-order chi connectivity index (χ0) is 16.8. The summed E-state index contributed by atoms with van der Waals surface area (Å²) in [5, 5.41) is 2.86. The summed E-state index contributed by atoms with van der Waals surface area (Å²) in [6.07, 6.45) is 0. The van der Waals surface area contributed by atoms with E-state index in [0.717, 1.165) is 11.1 Å². The molecule has 0 unspecified atom stereocenters. The van der Waals surface area contributed by atoms with E-state index in [-0.39, 0.29) is 5.91 Å². The van der Waals surface area contributed by atoms with Gasteiger partial charge in [0.1, 0.15) is 0 Å². The molecule has 0 aliphatic carbocycles. The van der Waals surface area contributed by atoms with Crippen LogP contribution in [0, 0.1) is 6.92 Å². The second-order valence-corrected chi connectivity index (χ2v) is 5.07. The van der Waals surface area contributed by atoms with Crippen LogP contribution in [0.25, 0.3) is 0 Å². The number of hydrogen-bond acceptors (Lipinski definition) is 4. The second kappa shape index (κ2) is 7.56. The van der Waals surface area contributed by atoms with Crippen LogP contribution in [-0.2, 0) is 16.1 Å². The summed E-state index contributed by atoms with van der Waals surface area (Å²) in [5.41, 5.74) is 3.25. The van der Waals surface area contributed by atoms with Crippen molar-refractivity contribution >= 4 is 17.6 Å². The van der Waals surface area contributed by atoms with Crippen molar-refractivity contribution in [2.45, 2.75) is 13.5 Å². The molecule has 1 amide bonds. The SMILES string of the molecule is COCc1ccccc1C(=O)Nc1ccc(C(=O)OC)cc1C. The number of rotatable bonds is 5. The lowest BCUT2D eigenvalue weighted by Gasteiger charge is -2.12. The minimum absolute atomic E-state index is 0.216. The first-order chi connectivity index (χ1) is 11.1. The highest BCUT2D eigenvalue weighted by atomic mass is 16.5. The molecule has 0 saturated carbocycles. The van der Waals surface area contributed by atoms with E-state index in [1.54, 1.807) is 37.4 Å². The van der Waals surface area contributed by atoms with E-state index in [0.29, 0.717) is 23.4 Å². The summed E-state index contributed by atoms with van der Waals surface area (Å²) in [6.45, 7) is 2.19. The molecule has 0 spiro atoms. The fourth-order valence-electron chi connectivity index (χ4n) is 2.26. The highest BCUT2D eigenvalue weighted by molar-refractivity contribution is 6.05. The fraction of sp³-hybridized carbons (Fsp3) is 0.222. The van der Waals surface area contributed by atoms with E-state index >= 15 is 0 Å². The molecule has 1 N–H and O–H groups in total. The van der Waals surface area contributed by atoms with Crippen LogP contribution >= 0.6 is 0 Å². The van der Waals surface area contributed by atoms with Gasteiger partial charge in [0.2, 0.25) is 0 Å². The van der Waals surface area contributed by atoms with Crippen molar-refractivity contribution in [1.82, 2.24) is 0 Å². The molecule has 0 aliphatic rings. The number of esters is 1. The van der Waals surface area contributed by atoms with Crippen molar-refractivity contribution < 1.29 is 19.1 Å². The first-order valence-corrected chi connectivity index (χ1v) is 7.14. The minimum atomic E-state index is -0.406. The third-order valence-corrected chi connectivity index (χ3v) is 3.46. The summed E-state index contributed by atoms with van der Waals surface area (Å²) >= 11 is 0. The van der Waals surface area contributed by atoms with Crippen LogP contribution in [0.4, 0.5) is 5.69 Å². The smallest absolute Gasteiger partial charge is 0.337 e. The molecule has 5 nitrogen and oxygen atoms in total. The Hall–Kier alpha value is -2.66. The average Bonchev–Trinajstić information content (AvgIpc) is 2.56. The van der Waals surface area contributed by atoms with Crippen molar-refractivity contribution in [3.8, 4) is 0 Å². The molecule has 2 rings (SSSR count). The zero-order valence-electron chi connectivity index (χ0n) is 13.4. The first-order valence-electron chi connectivity index (χ1n) is 7.14. The molecule has 0 heterocycles. The van der Waals surface area contributed by atoms with Crippen LogP contribution in [-0.4, -0.2) is 26.1 Å². The molecular weight excluding hydrogens is 294 g/mol. The Balaban J connectivity index is 2.22. The Labute approximate surface area is 135 Å². The molecule has 0 saturated heterocycles. The number of amides is 1. The predicted octanol–water partition coefficient (Wildman–Crippen LogP) is 3.18. The molecule has 23 heavy (non-hydrogen) atoms. The lowest BCUT2D eigenvalue weighted by Crippen LogP contribution is -2.15. The number of carbonyl (C=O) groups is 2. The molecule has 5 heteroatoms. The maximum Gasteiger partial charge on any atom is 0.337 e. The quantitative estimate of drug-likeness (QED) is 0.861. The van der Waals surface area contributed by atoms with Crippen LogP contribution in [0.1, 0.15) is 31.8 Å². The van der Waals surface area contributed by atoms with Gasteiger partial charge < -0.3 is 14.8 Å². The fourth-order valence-corrected chi connectivity index (χ4v) is 2.26. The number of methoxy groups -OCH3 is 2. The van der Waals surface area contributed by atoms with E-state index in [2.05, 4.69) is 10.1 Å². The van der Waals surface area contributed by atoms with Crippen molar-refractivity contribution in [3.63, 3.8) is 0 Å². The Morgan fingerprint density at radius 3 is 2.48 bits per heavy atom. The topological polar surface area (TPSA) is 64.6 Å². The number of ether oxygens (including phenoxy) is 2. The molecule has 0 atom stereocenters. The Kier molecular flexibility index (Phi) is 5.49. The predicted molar refractivity (Wildman–Crippen MR) is 87.6 cm³/mol. The lowest BCUT2D eigenvalue weighted by atomic mass is 10.1. The van der Waals surface area contributed by atoms with E-state index in [4.69, 9.17) is 4.74 Å². The maximum absolute atomic E-state index is 12.5. The van der Waals surface area contributed by atoms with Gasteiger partial charge in [-0.1, -0.05) is 18.2 Å². The number of aryl methyl sites for hydroxylation is 1. The largest absolute Gasteiger partial charge is 0.465 e. The number of benzene rings is 2. The normalized spacial score (nSPS) is 10.2. The van der Waals surface area contributed by atoms with Gasteiger partial charge >= 0.3 is 5.97 Å². The number of nitrogens with one attached hydrogen (secondary N) is 1. The van der Waals surface area contributed by atoms with Crippen LogP contribution < -0.4 is 5.32 Å². The molecule has 2 aromatic carbocycles. The molecule has 120 valence electrons. The highest BCUT2D eigenvalue weighted by Gasteiger charge is 2.13. The van der Waals surface area contributed by atoms with Gasteiger partial charge in [-0.15, -0.1) is 0 Å². The lowest BCUT2D eigenvalue weighted by molar-refractivity contribution is 0.0600. The van der Waals surface area contributed by atoms with Crippen molar-refractivity contribution in [3.05, 3.63) is 64.7 Å². The monoisotopic (exact) mass is 313 g/mol. The molecule has 0 bridgehead atoms.